The average molecular weight is 403 g/mol. The van der Waals surface area contributed by atoms with Gasteiger partial charge in [-0.2, -0.15) is 0 Å². The molecule has 0 N–H and O–H groups in total. The molecule has 1 aromatic heterocycles. The van der Waals surface area contributed by atoms with Gasteiger partial charge in [0.1, 0.15) is 11.6 Å². The fourth-order valence-electron chi connectivity index (χ4n) is 3.10. The lowest BCUT2D eigenvalue weighted by Crippen LogP contribution is -2.43. The van der Waals surface area contributed by atoms with Crippen molar-refractivity contribution in [1.29, 1.82) is 0 Å². The molecular formula is C20H19F2N3O2S. The predicted molar refractivity (Wildman–Crippen MR) is 105 cm³/mol. The number of nitrogens with zero attached hydrogens (tertiary/aromatic N) is 3. The summed E-state index contributed by atoms with van der Waals surface area (Å²) < 4.78 is 32.8. The van der Waals surface area contributed by atoms with Crippen LogP contribution in [-0.4, -0.2) is 55.2 Å². The van der Waals surface area contributed by atoms with Crippen molar-refractivity contribution in [3.63, 3.8) is 0 Å². The van der Waals surface area contributed by atoms with Crippen LogP contribution in [0.3, 0.4) is 0 Å². The molecule has 28 heavy (non-hydrogen) atoms. The topological polar surface area (TPSA) is 45.7 Å². The van der Waals surface area contributed by atoms with Crippen LogP contribution in [0.1, 0.15) is 10.4 Å². The van der Waals surface area contributed by atoms with Crippen molar-refractivity contribution in [2.45, 2.75) is 0 Å². The SMILES string of the molecule is O=C(c1ccc(F)cc1)N(CCN1CCOCC1)c1nc2ccc(F)cc2s1. The van der Waals surface area contributed by atoms with E-state index in [1.54, 1.807) is 11.0 Å². The van der Waals surface area contributed by atoms with Crippen molar-refractivity contribution in [2.75, 3.05) is 44.3 Å². The number of carbonyl (C=O) groups is 1. The van der Waals surface area contributed by atoms with E-state index in [1.807, 2.05) is 0 Å². The Bertz CT molecular complexity index is 971. The summed E-state index contributed by atoms with van der Waals surface area (Å²) in [4.78, 5) is 21.5. The van der Waals surface area contributed by atoms with Crippen LogP contribution < -0.4 is 4.90 Å². The van der Waals surface area contributed by atoms with Gasteiger partial charge in [-0.15, -0.1) is 0 Å². The number of benzene rings is 2. The fourth-order valence-corrected chi connectivity index (χ4v) is 4.12. The second-order valence-electron chi connectivity index (χ2n) is 6.53. The number of fused-ring (bicyclic) bond motifs is 1. The molecule has 1 aliphatic heterocycles. The lowest BCUT2D eigenvalue weighted by molar-refractivity contribution is 0.0391. The maximum absolute atomic E-state index is 13.5. The molecule has 1 fully saturated rings. The number of ether oxygens (including phenoxy) is 1. The summed E-state index contributed by atoms with van der Waals surface area (Å²) in [6, 6.07) is 9.83. The van der Waals surface area contributed by atoms with Gasteiger partial charge < -0.3 is 4.74 Å². The summed E-state index contributed by atoms with van der Waals surface area (Å²) in [5.41, 5.74) is 1.03. The monoisotopic (exact) mass is 403 g/mol. The van der Waals surface area contributed by atoms with E-state index >= 15 is 0 Å². The Hall–Kier alpha value is -2.42. The number of amides is 1. The van der Waals surface area contributed by atoms with Crippen LogP contribution in [0, 0.1) is 11.6 Å². The van der Waals surface area contributed by atoms with E-state index in [9.17, 15) is 13.6 Å². The third kappa shape index (κ3) is 4.19. The number of rotatable bonds is 5. The first-order valence-electron chi connectivity index (χ1n) is 9.04. The molecule has 2 aromatic carbocycles. The molecule has 0 bridgehead atoms. The quantitative estimate of drug-likeness (QED) is 0.654. The Kier molecular flexibility index (Phi) is 5.61. The van der Waals surface area contributed by atoms with E-state index < -0.39 is 5.82 Å². The van der Waals surface area contributed by atoms with E-state index in [0.717, 1.165) is 13.1 Å². The van der Waals surface area contributed by atoms with Crippen LogP contribution in [0.5, 0.6) is 0 Å². The Morgan fingerprint density at radius 2 is 1.82 bits per heavy atom. The summed E-state index contributed by atoms with van der Waals surface area (Å²) in [6.45, 7) is 4.06. The summed E-state index contributed by atoms with van der Waals surface area (Å²) >= 11 is 1.27. The number of anilines is 1. The van der Waals surface area contributed by atoms with E-state index in [1.165, 1.54) is 47.7 Å². The molecule has 3 aromatic rings. The fraction of sp³-hybridized carbons (Fsp3) is 0.300. The lowest BCUT2D eigenvalue weighted by Gasteiger charge is -2.29. The molecule has 1 aliphatic rings. The zero-order valence-electron chi connectivity index (χ0n) is 15.1. The van der Waals surface area contributed by atoms with Gasteiger partial charge >= 0.3 is 0 Å². The number of halogens is 2. The van der Waals surface area contributed by atoms with Crippen molar-refractivity contribution in [2.24, 2.45) is 0 Å². The van der Waals surface area contributed by atoms with Crippen LogP contribution in [-0.2, 0) is 4.74 Å². The number of carbonyl (C=O) groups excluding carboxylic acids is 1. The Balaban J connectivity index is 1.62. The predicted octanol–water partition coefficient (Wildman–Crippen LogP) is 3.55. The smallest absolute Gasteiger partial charge is 0.260 e. The first-order valence-corrected chi connectivity index (χ1v) is 9.85. The van der Waals surface area contributed by atoms with Gasteiger partial charge in [0, 0.05) is 31.7 Å². The first kappa shape index (κ1) is 18.9. The molecule has 146 valence electrons. The molecule has 0 saturated carbocycles. The van der Waals surface area contributed by atoms with Gasteiger partial charge in [0.2, 0.25) is 0 Å². The molecule has 5 nitrogen and oxygen atoms in total. The summed E-state index contributed by atoms with van der Waals surface area (Å²) in [7, 11) is 0. The van der Waals surface area contributed by atoms with E-state index in [0.29, 0.717) is 47.2 Å². The van der Waals surface area contributed by atoms with Crippen LogP contribution >= 0.6 is 11.3 Å². The Morgan fingerprint density at radius 1 is 1.11 bits per heavy atom. The molecule has 8 heteroatoms. The van der Waals surface area contributed by atoms with Crippen LogP contribution in [0.25, 0.3) is 10.2 Å². The summed E-state index contributed by atoms with van der Waals surface area (Å²) in [6.07, 6.45) is 0. The van der Waals surface area contributed by atoms with Gasteiger partial charge in [0.25, 0.3) is 5.91 Å². The third-order valence-electron chi connectivity index (χ3n) is 4.65. The zero-order chi connectivity index (χ0) is 19.5. The van der Waals surface area contributed by atoms with E-state index in [2.05, 4.69) is 9.88 Å². The number of thiazole rings is 1. The van der Waals surface area contributed by atoms with Crippen LogP contribution in [0.2, 0.25) is 0 Å². The molecule has 4 rings (SSSR count). The van der Waals surface area contributed by atoms with Gasteiger partial charge in [0.05, 0.1) is 23.4 Å². The summed E-state index contributed by atoms with van der Waals surface area (Å²) in [5, 5.41) is 0.503. The number of aromatic nitrogens is 1. The molecule has 0 aliphatic carbocycles. The molecule has 1 amide bonds. The highest BCUT2D eigenvalue weighted by molar-refractivity contribution is 7.22. The number of hydrogen-bond donors (Lipinski definition) is 0. The molecule has 0 unspecified atom stereocenters. The number of morpholine rings is 1. The van der Waals surface area contributed by atoms with Gasteiger partial charge in [-0.1, -0.05) is 11.3 Å². The third-order valence-corrected chi connectivity index (χ3v) is 5.69. The number of hydrogen-bond acceptors (Lipinski definition) is 5. The largest absolute Gasteiger partial charge is 0.379 e. The van der Waals surface area contributed by atoms with Gasteiger partial charge in [-0.05, 0) is 42.5 Å². The molecule has 0 spiro atoms. The minimum atomic E-state index is -0.396. The highest BCUT2D eigenvalue weighted by Crippen LogP contribution is 2.30. The average Bonchev–Trinajstić information content (AvgIpc) is 3.12. The highest BCUT2D eigenvalue weighted by Gasteiger charge is 2.23. The molecule has 2 heterocycles. The molecule has 1 saturated heterocycles. The van der Waals surface area contributed by atoms with Crippen LogP contribution in [0.15, 0.2) is 42.5 Å². The second kappa shape index (κ2) is 8.30. The Morgan fingerprint density at radius 3 is 2.57 bits per heavy atom. The first-order chi connectivity index (χ1) is 13.6. The van der Waals surface area contributed by atoms with Gasteiger partial charge in [-0.25, -0.2) is 13.8 Å². The minimum absolute atomic E-state index is 0.257. The van der Waals surface area contributed by atoms with Crippen LogP contribution in [0.4, 0.5) is 13.9 Å². The van der Waals surface area contributed by atoms with Crippen molar-refractivity contribution in [3.8, 4) is 0 Å². The maximum atomic E-state index is 13.5. The molecule has 0 atom stereocenters. The maximum Gasteiger partial charge on any atom is 0.260 e. The van der Waals surface area contributed by atoms with Gasteiger partial charge in [0.15, 0.2) is 5.13 Å². The van der Waals surface area contributed by atoms with Crippen molar-refractivity contribution < 1.29 is 18.3 Å². The summed E-state index contributed by atoms with van der Waals surface area (Å²) in [5.74, 6) is -0.993. The zero-order valence-corrected chi connectivity index (χ0v) is 15.9. The second-order valence-corrected chi connectivity index (χ2v) is 7.54. The van der Waals surface area contributed by atoms with Crippen molar-refractivity contribution in [3.05, 3.63) is 59.7 Å². The lowest BCUT2D eigenvalue weighted by atomic mass is 10.2. The van der Waals surface area contributed by atoms with Gasteiger partial charge in [-0.3, -0.25) is 14.6 Å². The van der Waals surface area contributed by atoms with E-state index in [-0.39, 0.29) is 11.7 Å². The van der Waals surface area contributed by atoms with Crippen molar-refractivity contribution in [1.82, 2.24) is 9.88 Å². The Labute approximate surface area is 165 Å². The molecule has 0 radical (unpaired) electrons. The normalized spacial score (nSPS) is 15.1. The molecular weight excluding hydrogens is 384 g/mol. The standard InChI is InChI=1S/C20H19F2N3O2S/c21-15-3-1-14(2-4-15)19(26)25(8-7-24-9-11-27-12-10-24)20-23-17-6-5-16(22)13-18(17)28-20/h1-6,13H,7-12H2. The highest BCUT2D eigenvalue weighted by atomic mass is 32.1. The minimum Gasteiger partial charge on any atom is -0.379 e. The van der Waals surface area contributed by atoms with E-state index in [4.69, 9.17) is 4.74 Å². The van der Waals surface area contributed by atoms with Crippen molar-refractivity contribution >= 4 is 32.6 Å².